The van der Waals surface area contributed by atoms with Gasteiger partial charge in [0.1, 0.15) is 6.61 Å². The highest BCUT2D eigenvalue weighted by molar-refractivity contribution is 5.96. The van der Waals surface area contributed by atoms with Crippen LogP contribution >= 0.6 is 0 Å². The van der Waals surface area contributed by atoms with Crippen LogP contribution < -0.4 is 5.56 Å². The van der Waals surface area contributed by atoms with Crippen molar-refractivity contribution < 1.29 is 19.4 Å². The molecule has 2 aliphatic rings. The topological polar surface area (TPSA) is 98.5 Å². The average molecular weight is 416 g/mol. The number of carbonyl (C=O) groups is 2. The van der Waals surface area contributed by atoms with Gasteiger partial charge in [0, 0.05) is 22.1 Å². The van der Waals surface area contributed by atoms with E-state index in [1.54, 1.807) is 23.6 Å². The van der Waals surface area contributed by atoms with Crippen molar-refractivity contribution in [1.82, 2.24) is 9.55 Å². The van der Waals surface area contributed by atoms with Crippen LogP contribution in [0.15, 0.2) is 41.2 Å². The van der Waals surface area contributed by atoms with E-state index in [1.165, 1.54) is 13.0 Å². The minimum Gasteiger partial charge on any atom is -0.458 e. The zero-order valence-corrected chi connectivity index (χ0v) is 17.1. The summed E-state index contributed by atoms with van der Waals surface area (Å²) in [6.45, 7) is 3.36. The normalized spacial score (nSPS) is 19.3. The molecule has 0 saturated heterocycles. The van der Waals surface area contributed by atoms with E-state index >= 15 is 0 Å². The molecule has 0 unspecified atom stereocenters. The predicted octanol–water partition coefficient (Wildman–Crippen LogP) is 2.68. The molecule has 156 valence electrons. The molecular weight excluding hydrogens is 396 g/mol. The Kier molecular flexibility index (Phi) is 4.20. The first-order valence-corrected chi connectivity index (χ1v) is 10.1. The number of benzene rings is 1. The van der Waals surface area contributed by atoms with Crippen molar-refractivity contribution in [3.63, 3.8) is 0 Å². The monoisotopic (exact) mass is 416 g/mol. The molecule has 2 aliphatic heterocycles. The van der Waals surface area contributed by atoms with Gasteiger partial charge in [0.2, 0.25) is 0 Å². The van der Waals surface area contributed by atoms with E-state index in [2.05, 4.69) is 0 Å². The average Bonchev–Trinajstić information content (AvgIpc) is 3.11. The Hall–Kier alpha value is -3.58. The van der Waals surface area contributed by atoms with E-state index in [-0.39, 0.29) is 24.4 Å². The van der Waals surface area contributed by atoms with Crippen molar-refractivity contribution in [2.45, 2.75) is 39.0 Å². The highest BCUT2D eigenvalue weighted by Crippen LogP contribution is 2.38. The zero-order valence-electron chi connectivity index (χ0n) is 17.1. The second kappa shape index (κ2) is 6.72. The molecule has 4 heterocycles. The number of rotatable bonds is 3. The number of nitrogens with zero attached hydrogens (tertiary/aromatic N) is 2. The molecule has 1 atom stereocenters. The molecule has 0 spiro atoms. The summed E-state index contributed by atoms with van der Waals surface area (Å²) >= 11 is 0. The summed E-state index contributed by atoms with van der Waals surface area (Å²) in [4.78, 5) is 41.7. The Bertz CT molecular complexity index is 1380. The number of para-hydroxylation sites is 1. The molecular formula is C24H20N2O5. The zero-order chi connectivity index (χ0) is 21.9. The van der Waals surface area contributed by atoms with Crippen molar-refractivity contribution >= 4 is 28.7 Å². The maximum absolute atomic E-state index is 13.2. The van der Waals surface area contributed by atoms with Gasteiger partial charge >= 0.3 is 5.97 Å². The Labute approximate surface area is 177 Å². The van der Waals surface area contributed by atoms with Crippen LogP contribution in [0.3, 0.4) is 0 Å². The van der Waals surface area contributed by atoms with Crippen LogP contribution in [-0.4, -0.2) is 26.4 Å². The summed E-state index contributed by atoms with van der Waals surface area (Å²) in [5.41, 5.74) is 2.04. The number of aromatic nitrogens is 2. The minimum absolute atomic E-state index is 0.0626. The Morgan fingerprint density at radius 1 is 1.32 bits per heavy atom. The van der Waals surface area contributed by atoms with E-state index in [4.69, 9.17) is 9.72 Å². The molecule has 0 fully saturated rings. The molecule has 7 nitrogen and oxygen atoms in total. The SMILES string of the molecule is CC[C@@]1(O)C(=O)OCc2c1cc1n(c2=O)Cc2cc3cccc(C=CC(C)=O)c3nc2-1. The van der Waals surface area contributed by atoms with E-state index in [9.17, 15) is 19.5 Å². The molecule has 3 aromatic rings. The number of hydrogen-bond donors (Lipinski definition) is 1. The molecule has 1 aromatic carbocycles. The highest BCUT2D eigenvalue weighted by Gasteiger charge is 2.45. The van der Waals surface area contributed by atoms with Crippen molar-refractivity contribution in [1.29, 1.82) is 0 Å². The maximum atomic E-state index is 13.2. The fourth-order valence-corrected chi connectivity index (χ4v) is 4.37. The lowest BCUT2D eigenvalue weighted by atomic mass is 9.86. The summed E-state index contributed by atoms with van der Waals surface area (Å²) in [6, 6.07) is 9.39. The van der Waals surface area contributed by atoms with Gasteiger partial charge in [-0.1, -0.05) is 25.1 Å². The molecule has 0 saturated carbocycles. The van der Waals surface area contributed by atoms with Gasteiger partial charge in [0.15, 0.2) is 11.4 Å². The smallest absolute Gasteiger partial charge is 0.343 e. The summed E-state index contributed by atoms with van der Waals surface area (Å²) in [6.07, 6.45) is 3.32. The van der Waals surface area contributed by atoms with Gasteiger partial charge in [-0.2, -0.15) is 0 Å². The minimum atomic E-state index is -1.85. The molecule has 0 bridgehead atoms. The first kappa shape index (κ1) is 19.4. The highest BCUT2D eigenvalue weighted by atomic mass is 16.6. The number of allylic oxidation sites excluding steroid dienone is 1. The van der Waals surface area contributed by atoms with Crippen LogP contribution in [-0.2, 0) is 33.1 Å². The number of ketones is 1. The molecule has 1 N–H and O–H groups in total. The second-order valence-electron chi connectivity index (χ2n) is 7.96. The van der Waals surface area contributed by atoms with Crippen LogP contribution in [0, 0.1) is 0 Å². The quantitative estimate of drug-likeness (QED) is 0.407. The van der Waals surface area contributed by atoms with Gasteiger partial charge in [0.05, 0.1) is 29.0 Å². The van der Waals surface area contributed by atoms with E-state index in [0.717, 1.165) is 16.5 Å². The molecule has 5 rings (SSSR count). The summed E-state index contributed by atoms with van der Waals surface area (Å²) in [5.74, 6) is -0.805. The number of aliphatic hydroxyl groups is 1. The number of esters is 1. The van der Waals surface area contributed by atoms with Gasteiger partial charge in [0.25, 0.3) is 5.56 Å². The predicted molar refractivity (Wildman–Crippen MR) is 114 cm³/mol. The van der Waals surface area contributed by atoms with Gasteiger partial charge in [-0.3, -0.25) is 9.59 Å². The van der Waals surface area contributed by atoms with E-state index in [1.807, 2.05) is 24.3 Å². The molecule has 7 heteroatoms. The first-order chi connectivity index (χ1) is 14.8. The molecule has 0 amide bonds. The number of pyridine rings is 2. The molecule has 31 heavy (non-hydrogen) atoms. The van der Waals surface area contributed by atoms with Crippen molar-refractivity contribution in [2.24, 2.45) is 0 Å². The van der Waals surface area contributed by atoms with Gasteiger partial charge in [-0.05, 0) is 37.6 Å². The molecule has 0 radical (unpaired) electrons. The van der Waals surface area contributed by atoms with Crippen molar-refractivity contribution in [2.75, 3.05) is 0 Å². The van der Waals surface area contributed by atoms with Crippen LogP contribution in [0.5, 0.6) is 0 Å². The van der Waals surface area contributed by atoms with Crippen molar-refractivity contribution in [3.05, 3.63) is 69.0 Å². The lowest BCUT2D eigenvalue weighted by Gasteiger charge is -2.31. The van der Waals surface area contributed by atoms with E-state index < -0.39 is 11.6 Å². The van der Waals surface area contributed by atoms with Gasteiger partial charge < -0.3 is 14.4 Å². The Morgan fingerprint density at radius 3 is 2.87 bits per heavy atom. The third-order valence-electron chi connectivity index (χ3n) is 6.07. The van der Waals surface area contributed by atoms with Crippen LogP contribution in [0.25, 0.3) is 28.4 Å². The second-order valence-corrected chi connectivity index (χ2v) is 7.96. The molecule has 2 aromatic heterocycles. The van der Waals surface area contributed by atoms with Crippen LogP contribution in [0.1, 0.15) is 42.5 Å². The van der Waals surface area contributed by atoms with E-state index in [0.29, 0.717) is 34.6 Å². The lowest BCUT2D eigenvalue weighted by molar-refractivity contribution is -0.172. The Balaban J connectivity index is 1.76. The number of ether oxygens (including phenoxy) is 1. The fraction of sp³-hybridized carbons (Fsp3) is 0.250. The standard InChI is InChI=1S/C24H20N2O5/c1-3-24(30)18-10-19-21-16(11-26(19)22(28)17(18)12-31-23(24)29)9-15-6-4-5-14(20(15)25-21)8-7-13(2)27/h4-10,30H,3,11-12H2,1-2H3/t24-/m0/s1. The van der Waals surface area contributed by atoms with Crippen LogP contribution in [0.2, 0.25) is 0 Å². The number of carbonyl (C=O) groups excluding carboxylic acids is 2. The fourth-order valence-electron chi connectivity index (χ4n) is 4.37. The third kappa shape index (κ3) is 2.77. The van der Waals surface area contributed by atoms with Crippen LogP contribution in [0.4, 0.5) is 0 Å². The number of cyclic esters (lactones) is 1. The number of fused-ring (bicyclic) bond motifs is 5. The summed E-state index contributed by atoms with van der Waals surface area (Å²) in [5, 5.41) is 11.9. The number of hydrogen-bond acceptors (Lipinski definition) is 6. The van der Waals surface area contributed by atoms with Crippen molar-refractivity contribution in [3.8, 4) is 11.4 Å². The Morgan fingerprint density at radius 2 is 2.13 bits per heavy atom. The van der Waals surface area contributed by atoms with Gasteiger partial charge in [-0.25, -0.2) is 9.78 Å². The summed E-state index contributed by atoms with van der Waals surface area (Å²) in [7, 11) is 0. The maximum Gasteiger partial charge on any atom is 0.343 e. The largest absolute Gasteiger partial charge is 0.458 e. The first-order valence-electron chi connectivity index (χ1n) is 10.1. The lowest BCUT2D eigenvalue weighted by Crippen LogP contribution is -2.44. The van der Waals surface area contributed by atoms with Gasteiger partial charge in [-0.15, -0.1) is 0 Å². The third-order valence-corrected chi connectivity index (χ3v) is 6.07. The summed E-state index contributed by atoms with van der Waals surface area (Å²) < 4.78 is 6.71. The molecule has 0 aliphatic carbocycles.